The SMILES string of the molecule is Cc1ccccc1CN1N=C(C(=O)N2CCOCC2)S(=O)(=O)c2cc(Cl)ccc21. The van der Waals surface area contributed by atoms with Crippen molar-refractivity contribution in [3.05, 3.63) is 58.6 Å². The molecule has 9 heteroatoms. The molecule has 2 aromatic rings. The van der Waals surface area contributed by atoms with Crippen LogP contribution in [0.1, 0.15) is 11.1 Å². The third-order valence-electron chi connectivity index (χ3n) is 5.02. The molecule has 29 heavy (non-hydrogen) atoms. The Morgan fingerprint density at radius 2 is 1.90 bits per heavy atom. The Bertz CT molecular complexity index is 1090. The summed E-state index contributed by atoms with van der Waals surface area (Å²) in [5.41, 5.74) is 2.43. The van der Waals surface area contributed by atoms with Crippen LogP contribution in [0, 0.1) is 6.92 Å². The number of amides is 1. The average Bonchev–Trinajstić information content (AvgIpc) is 2.72. The van der Waals surface area contributed by atoms with Gasteiger partial charge in [-0.3, -0.25) is 9.80 Å². The first kappa shape index (κ1) is 19.9. The molecule has 2 heterocycles. The lowest BCUT2D eigenvalue weighted by atomic mass is 10.1. The highest BCUT2D eigenvalue weighted by molar-refractivity contribution is 8.08. The third-order valence-corrected chi connectivity index (χ3v) is 6.92. The highest BCUT2D eigenvalue weighted by atomic mass is 35.5. The van der Waals surface area contributed by atoms with Crippen LogP contribution in [0.15, 0.2) is 52.5 Å². The van der Waals surface area contributed by atoms with Crippen LogP contribution in [0.25, 0.3) is 0 Å². The second-order valence-corrected chi connectivity index (χ2v) is 9.18. The molecule has 4 rings (SSSR count). The maximum Gasteiger partial charge on any atom is 0.286 e. The molecule has 7 nitrogen and oxygen atoms in total. The van der Waals surface area contributed by atoms with Gasteiger partial charge in [-0.2, -0.15) is 5.10 Å². The molecular weight excluding hydrogens is 414 g/mol. The van der Waals surface area contributed by atoms with Gasteiger partial charge in [-0.1, -0.05) is 35.9 Å². The number of nitrogens with zero attached hydrogens (tertiary/aromatic N) is 3. The number of carbonyl (C=O) groups excluding carboxylic acids is 1. The van der Waals surface area contributed by atoms with E-state index in [4.69, 9.17) is 16.3 Å². The fourth-order valence-corrected chi connectivity index (χ4v) is 5.11. The molecule has 1 fully saturated rings. The van der Waals surface area contributed by atoms with Gasteiger partial charge in [0.15, 0.2) is 0 Å². The van der Waals surface area contributed by atoms with Crippen LogP contribution >= 0.6 is 11.6 Å². The molecule has 0 atom stereocenters. The van der Waals surface area contributed by atoms with Gasteiger partial charge in [-0.15, -0.1) is 0 Å². The molecule has 0 aliphatic carbocycles. The summed E-state index contributed by atoms with van der Waals surface area (Å²) in [7, 11) is -4.10. The highest BCUT2D eigenvalue weighted by Crippen LogP contribution is 2.35. The number of benzene rings is 2. The standard InChI is InChI=1S/C20H20ClN3O4S/c1-14-4-2-3-5-15(14)13-24-17-7-6-16(21)12-18(17)29(26,27)19(22-24)20(25)23-8-10-28-11-9-23/h2-7,12H,8-11,13H2,1H3. The lowest BCUT2D eigenvalue weighted by Crippen LogP contribution is -2.47. The van der Waals surface area contributed by atoms with Crippen molar-refractivity contribution in [2.45, 2.75) is 18.4 Å². The van der Waals surface area contributed by atoms with Crippen LogP contribution in [0.5, 0.6) is 0 Å². The van der Waals surface area contributed by atoms with Crippen molar-refractivity contribution in [1.29, 1.82) is 0 Å². The summed E-state index contributed by atoms with van der Waals surface area (Å²) in [6.45, 7) is 3.70. The maximum atomic E-state index is 13.2. The molecule has 0 aromatic heterocycles. The summed E-state index contributed by atoms with van der Waals surface area (Å²) in [5.74, 6) is -0.617. The number of morpholine rings is 1. The number of sulfone groups is 1. The molecule has 2 aliphatic heterocycles. The minimum atomic E-state index is -4.10. The van der Waals surface area contributed by atoms with Gasteiger partial charge in [-0.05, 0) is 36.2 Å². The molecule has 152 valence electrons. The normalized spacial score (nSPS) is 18.2. The molecule has 0 unspecified atom stereocenters. The number of rotatable bonds is 3. The van der Waals surface area contributed by atoms with Crippen LogP contribution < -0.4 is 5.01 Å². The monoisotopic (exact) mass is 433 g/mol. The Labute approximate surface area is 174 Å². The van der Waals surface area contributed by atoms with Gasteiger partial charge in [0.1, 0.15) is 4.90 Å². The Balaban J connectivity index is 1.80. The summed E-state index contributed by atoms with van der Waals surface area (Å²) in [5, 5.41) is 5.66. The van der Waals surface area contributed by atoms with Gasteiger partial charge < -0.3 is 9.64 Å². The van der Waals surface area contributed by atoms with Crippen LogP contribution in [0.3, 0.4) is 0 Å². The Morgan fingerprint density at radius 3 is 2.62 bits per heavy atom. The van der Waals surface area contributed by atoms with E-state index in [0.717, 1.165) is 11.1 Å². The predicted octanol–water partition coefficient (Wildman–Crippen LogP) is 2.61. The number of aryl methyl sites for hydroxylation is 1. The molecule has 2 aromatic carbocycles. The Hall–Kier alpha value is -2.42. The molecule has 0 bridgehead atoms. The molecule has 2 aliphatic rings. The fourth-order valence-electron chi connectivity index (χ4n) is 3.37. The smallest absolute Gasteiger partial charge is 0.286 e. The summed E-state index contributed by atoms with van der Waals surface area (Å²) in [6, 6.07) is 12.4. The zero-order valence-corrected chi connectivity index (χ0v) is 17.4. The molecule has 1 amide bonds. The van der Waals surface area contributed by atoms with E-state index >= 15 is 0 Å². The zero-order chi connectivity index (χ0) is 20.6. The van der Waals surface area contributed by atoms with E-state index in [-0.39, 0.29) is 9.92 Å². The van der Waals surface area contributed by atoms with Gasteiger partial charge in [0.25, 0.3) is 5.91 Å². The fraction of sp³-hybridized carbons (Fsp3) is 0.300. The minimum Gasteiger partial charge on any atom is -0.378 e. The number of hydrogen-bond acceptors (Lipinski definition) is 6. The predicted molar refractivity (Wildman–Crippen MR) is 111 cm³/mol. The summed E-state index contributed by atoms with van der Waals surface area (Å²) in [4.78, 5) is 14.5. The lowest BCUT2D eigenvalue weighted by molar-refractivity contribution is -0.127. The average molecular weight is 434 g/mol. The van der Waals surface area contributed by atoms with Gasteiger partial charge in [0.05, 0.1) is 25.4 Å². The van der Waals surface area contributed by atoms with Crippen LogP contribution in [-0.4, -0.2) is 50.6 Å². The van der Waals surface area contributed by atoms with Crippen LogP contribution in [-0.2, 0) is 25.9 Å². The number of carbonyl (C=O) groups is 1. The van der Waals surface area contributed by atoms with E-state index in [1.807, 2.05) is 31.2 Å². The van der Waals surface area contributed by atoms with Crippen LogP contribution in [0.4, 0.5) is 5.69 Å². The van der Waals surface area contributed by atoms with Gasteiger partial charge >= 0.3 is 0 Å². The van der Waals surface area contributed by atoms with E-state index in [0.29, 0.717) is 38.5 Å². The summed E-state index contributed by atoms with van der Waals surface area (Å²) < 4.78 is 31.7. The molecule has 0 saturated carbocycles. The molecular formula is C20H20ClN3O4S. The van der Waals surface area contributed by atoms with Crippen molar-refractivity contribution in [3.63, 3.8) is 0 Å². The first-order chi connectivity index (χ1) is 13.9. The number of hydrogen-bond donors (Lipinski definition) is 0. The van der Waals surface area contributed by atoms with E-state index in [1.54, 1.807) is 17.1 Å². The third kappa shape index (κ3) is 3.75. The number of fused-ring (bicyclic) bond motifs is 1. The number of ether oxygens (including phenoxy) is 1. The topological polar surface area (TPSA) is 79.3 Å². The molecule has 0 spiro atoms. The lowest BCUT2D eigenvalue weighted by Gasteiger charge is -2.31. The van der Waals surface area contributed by atoms with Crippen molar-refractivity contribution in [2.75, 3.05) is 31.3 Å². The molecule has 0 radical (unpaired) electrons. The van der Waals surface area contributed by atoms with E-state index in [9.17, 15) is 13.2 Å². The second kappa shape index (κ2) is 7.78. The van der Waals surface area contributed by atoms with E-state index in [1.165, 1.54) is 11.0 Å². The van der Waals surface area contributed by atoms with Crippen molar-refractivity contribution < 1.29 is 17.9 Å². The summed E-state index contributed by atoms with van der Waals surface area (Å²) in [6.07, 6.45) is 0. The van der Waals surface area contributed by atoms with Crippen molar-refractivity contribution >= 4 is 38.1 Å². The van der Waals surface area contributed by atoms with Gasteiger partial charge in [0, 0.05) is 18.1 Å². The van der Waals surface area contributed by atoms with E-state index in [2.05, 4.69) is 5.10 Å². The number of anilines is 1. The first-order valence-corrected chi connectivity index (χ1v) is 11.1. The Morgan fingerprint density at radius 1 is 1.17 bits per heavy atom. The largest absolute Gasteiger partial charge is 0.378 e. The summed E-state index contributed by atoms with van der Waals surface area (Å²) >= 11 is 6.08. The highest BCUT2D eigenvalue weighted by Gasteiger charge is 2.40. The molecule has 1 saturated heterocycles. The van der Waals surface area contributed by atoms with Crippen molar-refractivity contribution in [2.24, 2.45) is 5.10 Å². The van der Waals surface area contributed by atoms with E-state index < -0.39 is 20.8 Å². The zero-order valence-electron chi connectivity index (χ0n) is 15.8. The van der Waals surface area contributed by atoms with Gasteiger partial charge in [0.2, 0.25) is 14.9 Å². The minimum absolute atomic E-state index is 0.00908. The second-order valence-electron chi connectivity index (χ2n) is 6.91. The Kier molecular flexibility index (Phi) is 5.33. The quantitative estimate of drug-likeness (QED) is 0.743. The van der Waals surface area contributed by atoms with Gasteiger partial charge in [-0.25, -0.2) is 8.42 Å². The molecule has 0 N–H and O–H groups in total. The number of halogens is 1. The van der Waals surface area contributed by atoms with Crippen molar-refractivity contribution in [3.8, 4) is 0 Å². The first-order valence-electron chi connectivity index (χ1n) is 9.20. The van der Waals surface area contributed by atoms with Crippen molar-refractivity contribution in [1.82, 2.24) is 4.90 Å². The number of hydrazone groups is 1. The van der Waals surface area contributed by atoms with Crippen LogP contribution in [0.2, 0.25) is 5.02 Å². The maximum absolute atomic E-state index is 13.2.